The molecule has 0 bridgehead atoms. The highest BCUT2D eigenvalue weighted by molar-refractivity contribution is 5.94. The van der Waals surface area contributed by atoms with Crippen LogP contribution in [0.1, 0.15) is 48.9 Å². The molecule has 2 aliphatic rings. The molecule has 2 fully saturated rings. The maximum Gasteiger partial charge on any atom is 0.337 e. The summed E-state index contributed by atoms with van der Waals surface area (Å²) in [6.07, 6.45) is 9.01. The summed E-state index contributed by atoms with van der Waals surface area (Å²) in [5.41, 5.74) is 6.08. The van der Waals surface area contributed by atoms with Crippen molar-refractivity contribution in [2.24, 2.45) is 5.92 Å². The monoisotopic (exact) mass is 275 g/mol. The molecule has 0 unspecified atom stereocenters. The first kappa shape index (κ1) is 13.2. The van der Waals surface area contributed by atoms with E-state index in [0.717, 1.165) is 24.7 Å². The molecule has 0 radical (unpaired) electrons. The quantitative estimate of drug-likeness (QED) is 0.867. The second-order valence-electron chi connectivity index (χ2n) is 5.88. The lowest BCUT2D eigenvalue weighted by Crippen LogP contribution is -2.47. The van der Waals surface area contributed by atoms with Gasteiger partial charge in [-0.2, -0.15) is 0 Å². The lowest BCUT2D eigenvalue weighted by Gasteiger charge is -2.44. The maximum absolute atomic E-state index is 11.2. The molecule has 2 heterocycles. The van der Waals surface area contributed by atoms with E-state index in [9.17, 15) is 9.90 Å². The van der Waals surface area contributed by atoms with Gasteiger partial charge in [0.15, 0.2) is 0 Å². The van der Waals surface area contributed by atoms with Crippen LogP contribution in [0.3, 0.4) is 0 Å². The number of aromatic nitrogens is 1. The van der Waals surface area contributed by atoms with Crippen LogP contribution >= 0.6 is 0 Å². The zero-order chi connectivity index (χ0) is 14.1. The minimum absolute atomic E-state index is 0.160. The zero-order valence-electron chi connectivity index (χ0n) is 11.6. The van der Waals surface area contributed by atoms with Crippen LogP contribution in [0.25, 0.3) is 0 Å². The van der Waals surface area contributed by atoms with Crippen LogP contribution in [0, 0.1) is 5.92 Å². The molecule has 0 amide bonds. The van der Waals surface area contributed by atoms with Crippen LogP contribution in [0.4, 0.5) is 11.5 Å². The molecule has 3 rings (SSSR count). The highest BCUT2D eigenvalue weighted by Gasteiger charge is 2.34. The van der Waals surface area contributed by atoms with Crippen molar-refractivity contribution in [2.75, 3.05) is 17.2 Å². The van der Waals surface area contributed by atoms with E-state index in [1.165, 1.54) is 38.3 Å². The van der Waals surface area contributed by atoms with Crippen LogP contribution in [0.2, 0.25) is 0 Å². The molecule has 1 aliphatic carbocycles. The van der Waals surface area contributed by atoms with Crippen molar-refractivity contribution in [3.63, 3.8) is 0 Å². The van der Waals surface area contributed by atoms with E-state index in [2.05, 4.69) is 9.88 Å². The first-order chi connectivity index (χ1) is 9.66. The van der Waals surface area contributed by atoms with Crippen LogP contribution in [0.15, 0.2) is 12.3 Å². The number of carbonyl (C=O) groups is 1. The van der Waals surface area contributed by atoms with E-state index in [0.29, 0.717) is 6.04 Å². The average Bonchev–Trinajstić information content (AvgIpc) is 2.47. The number of nitrogens with zero attached hydrogens (tertiary/aromatic N) is 2. The molecule has 20 heavy (non-hydrogen) atoms. The van der Waals surface area contributed by atoms with Gasteiger partial charge in [-0.05, 0) is 37.7 Å². The van der Waals surface area contributed by atoms with Crippen molar-refractivity contribution in [2.45, 2.75) is 44.6 Å². The number of carboxylic acids is 1. The second-order valence-corrected chi connectivity index (χ2v) is 5.88. The van der Waals surface area contributed by atoms with Crippen molar-refractivity contribution in [1.82, 2.24) is 4.98 Å². The molecule has 1 saturated heterocycles. The normalized spacial score (nSPS) is 26.1. The Morgan fingerprint density at radius 3 is 2.85 bits per heavy atom. The highest BCUT2D eigenvalue weighted by Crippen LogP contribution is 2.37. The van der Waals surface area contributed by atoms with Crippen molar-refractivity contribution < 1.29 is 9.90 Å². The average molecular weight is 275 g/mol. The fourth-order valence-electron chi connectivity index (χ4n) is 3.71. The van der Waals surface area contributed by atoms with Crippen LogP contribution in [-0.2, 0) is 0 Å². The molecule has 1 aromatic heterocycles. The summed E-state index contributed by atoms with van der Waals surface area (Å²) >= 11 is 0. The number of carboxylic acid groups (broad SMARTS) is 1. The molecule has 1 aliphatic heterocycles. The molecule has 3 N–H and O–H groups in total. The Morgan fingerprint density at radius 2 is 2.05 bits per heavy atom. The fraction of sp³-hybridized carbons (Fsp3) is 0.600. The Labute approximate surface area is 118 Å². The molecule has 2 atom stereocenters. The van der Waals surface area contributed by atoms with E-state index in [1.54, 1.807) is 6.07 Å². The van der Waals surface area contributed by atoms with Gasteiger partial charge in [0.25, 0.3) is 0 Å². The van der Waals surface area contributed by atoms with Crippen LogP contribution in [-0.4, -0.2) is 28.6 Å². The van der Waals surface area contributed by atoms with Gasteiger partial charge in [0.2, 0.25) is 0 Å². The SMILES string of the molecule is Nc1cnc(N2CCC[C@H]3CCCC[C@H]32)cc1C(=O)O. The predicted octanol–water partition coefficient (Wildman–Crippen LogP) is 2.52. The minimum atomic E-state index is -0.983. The lowest BCUT2D eigenvalue weighted by atomic mass is 9.78. The van der Waals surface area contributed by atoms with E-state index in [1.807, 2.05) is 0 Å². The molecule has 1 saturated carbocycles. The van der Waals surface area contributed by atoms with Crippen LogP contribution in [0.5, 0.6) is 0 Å². The molecule has 0 aromatic carbocycles. The number of nitrogens with two attached hydrogens (primary N) is 1. The van der Waals surface area contributed by atoms with Gasteiger partial charge in [0.1, 0.15) is 5.82 Å². The Bertz CT molecular complexity index is 516. The Morgan fingerprint density at radius 1 is 1.30 bits per heavy atom. The van der Waals surface area contributed by atoms with Gasteiger partial charge in [-0.25, -0.2) is 9.78 Å². The van der Waals surface area contributed by atoms with Gasteiger partial charge in [-0.1, -0.05) is 12.8 Å². The minimum Gasteiger partial charge on any atom is -0.478 e. The van der Waals surface area contributed by atoms with Gasteiger partial charge >= 0.3 is 5.97 Å². The summed E-state index contributed by atoms with van der Waals surface area (Å²) in [5.74, 6) is 0.529. The molecule has 5 heteroatoms. The van der Waals surface area contributed by atoms with E-state index in [4.69, 9.17) is 5.73 Å². The van der Waals surface area contributed by atoms with E-state index in [-0.39, 0.29) is 11.3 Å². The standard InChI is InChI=1S/C15H21N3O2/c16-12-9-17-14(8-11(12)15(19)20)18-7-3-5-10-4-1-2-6-13(10)18/h8-10,13H,1-7,16H2,(H,19,20)/t10-,13-/m1/s1. The van der Waals surface area contributed by atoms with Crippen molar-refractivity contribution >= 4 is 17.5 Å². The molecular formula is C15H21N3O2. The third kappa shape index (κ3) is 2.32. The largest absolute Gasteiger partial charge is 0.478 e. The Balaban J connectivity index is 1.91. The first-order valence-corrected chi connectivity index (χ1v) is 7.42. The van der Waals surface area contributed by atoms with Gasteiger partial charge < -0.3 is 15.7 Å². The summed E-state index contributed by atoms with van der Waals surface area (Å²) in [5, 5.41) is 9.19. The lowest BCUT2D eigenvalue weighted by molar-refractivity contribution is 0.0698. The summed E-state index contributed by atoms with van der Waals surface area (Å²) in [7, 11) is 0. The maximum atomic E-state index is 11.2. The molecule has 5 nitrogen and oxygen atoms in total. The Hall–Kier alpha value is -1.78. The number of hydrogen-bond donors (Lipinski definition) is 2. The van der Waals surface area contributed by atoms with Crippen molar-refractivity contribution in [3.05, 3.63) is 17.8 Å². The number of pyridine rings is 1. The van der Waals surface area contributed by atoms with E-state index < -0.39 is 5.97 Å². The third-order valence-corrected chi connectivity index (χ3v) is 4.69. The number of rotatable bonds is 2. The number of anilines is 2. The molecule has 0 spiro atoms. The number of aromatic carboxylic acids is 1. The number of nitrogen functional groups attached to an aromatic ring is 1. The molecule has 1 aromatic rings. The zero-order valence-corrected chi connectivity index (χ0v) is 11.6. The predicted molar refractivity (Wildman–Crippen MR) is 77.9 cm³/mol. The highest BCUT2D eigenvalue weighted by atomic mass is 16.4. The fourth-order valence-corrected chi connectivity index (χ4v) is 3.71. The molecular weight excluding hydrogens is 254 g/mol. The summed E-state index contributed by atoms with van der Waals surface area (Å²) in [6, 6.07) is 2.16. The van der Waals surface area contributed by atoms with Gasteiger partial charge in [-0.3, -0.25) is 0 Å². The molecule has 108 valence electrons. The van der Waals surface area contributed by atoms with E-state index >= 15 is 0 Å². The van der Waals surface area contributed by atoms with Gasteiger partial charge in [-0.15, -0.1) is 0 Å². The summed E-state index contributed by atoms with van der Waals surface area (Å²) in [6.45, 7) is 0.969. The van der Waals surface area contributed by atoms with Crippen molar-refractivity contribution in [1.29, 1.82) is 0 Å². The second kappa shape index (κ2) is 5.31. The van der Waals surface area contributed by atoms with Gasteiger partial charge in [0, 0.05) is 12.6 Å². The summed E-state index contributed by atoms with van der Waals surface area (Å²) < 4.78 is 0. The van der Waals surface area contributed by atoms with Gasteiger partial charge in [0.05, 0.1) is 17.4 Å². The Kier molecular flexibility index (Phi) is 3.51. The first-order valence-electron chi connectivity index (χ1n) is 7.42. The number of hydrogen-bond acceptors (Lipinski definition) is 4. The third-order valence-electron chi connectivity index (χ3n) is 4.69. The van der Waals surface area contributed by atoms with Crippen LogP contribution < -0.4 is 10.6 Å². The topological polar surface area (TPSA) is 79.5 Å². The number of fused-ring (bicyclic) bond motifs is 1. The number of piperidine rings is 1. The smallest absolute Gasteiger partial charge is 0.337 e. The van der Waals surface area contributed by atoms with Crippen molar-refractivity contribution in [3.8, 4) is 0 Å². The summed E-state index contributed by atoms with van der Waals surface area (Å²) in [4.78, 5) is 17.9.